The summed E-state index contributed by atoms with van der Waals surface area (Å²) in [6, 6.07) is 19.2. The number of carbonyl (C=O) groups is 1. The maximum Gasteiger partial charge on any atom is 0.255 e. The number of benzene rings is 3. The molecule has 3 aromatic carbocycles. The Bertz CT molecular complexity index is 1490. The molecule has 1 aromatic heterocycles. The quantitative estimate of drug-likeness (QED) is 0.281. The summed E-state index contributed by atoms with van der Waals surface area (Å²) in [5.74, 6) is -0.669. The molecule has 2 N–H and O–H groups in total. The van der Waals surface area contributed by atoms with Crippen LogP contribution in [-0.2, 0) is 6.54 Å². The summed E-state index contributed by atoms with van der Waals surface area (Å²) in [6.07, 6.45) is 2.17. The number of hydrogen-bond acceptors (Lipinski definition) is 2. The van der Waals surface area contributed by atoms with Crippen LogP contribution in [0.25, 0.3) is 11.6 Å². The van der Waals surface area contributed by atoms with E-state index in [1.807, 2.05) is 43.3 Å². The molecule has 5 rings (SSSR count). The molecule has 0 spiro atoms. The zero-order chi connectivity index (χ0) is 25.4. The highest BCUT2D eigenvalue weighted by molar-refractivity contribution is 6.42. The highest BCUT2D eigenvalue weighted by atomic mass is 35.5. The number of aromatic nitrogens is 1. The first-order chi connectivity index (χ1) is 17.3. The zero-order valence-electron chi connectivity index (χ0n) is 19.8. The molecule has 36 heavy (non-hydrogen) atoms. The normalized spacial score (nSPS) is 13.8. The molecule has 0 radical (unpaired) electrons. The van der Waals surface area contributed by atoms with E-state index in [2.05, 4.69) is 34.3 Å². The van der Waals surface area contributed by atoms with Crippen LogP contribution in [0.2, 0.25) is 10.0 Å². The molecule has 2 heterocycles. The second-order valence-electron chi connectivity index (χ2n) is 9.02. The summed E-state index contributed by atoms with van der Waals surface area (Å²) in [5.41, 5.74) is 8.69. The van der Waals surface area contributed by atoms with E-state index in [9.17, 15) is 9.18 Å². The van der Waals surface area contributed by atoms with E-state index < -0.39 is 0 Å². The Balaban J connectivity index is 1.49. The number of aryl methyl sites for hydroxylation is 2. The Kier molecular flexibility index (Phi) is 6.61. The van der Waals surface area contributed by atoms with E-state index in [-0.39, 0.29) is 11.7 Å². The Morgan fingerprint density at radius 1 is 1.03 bits per heavy atom. The highest BCUT2D eigenvalue weighted by Crippen LogP contribution is 2.40. The first-order valence-corrected chi connectivity index (χ1v) is 12.3. The molecule has 1 amide bonds. The fourth-order valence-corrected chi connectivity index (χ4v) is 4.84. The van der Waals surface area contributed by atoms with Crippen molar-refractivity contribution < 1.29 is 9.18 Å². The number of fused-ring (bicyclic) bond motifs is 1. The minimum atomic E-state index is -0.379. The molecule has 1 aliphatic heterocycles. The van der Waals surface area contributed by atoms with Crippen LogP contribution in [-0.4, -0.2) is 17.4 Å². The summed E-state index contributed by atoms with van der Waals surface area (Å²) in [7, 11) is 0. The average Bonchev–Trinajstić information content (AvgIpc) is 3.34. The Morgan fingerprint density at radius 3 is 2.50 bits per heavy atom. The lowest BCUT2D eigenvalue weighted by Crippen LogP contribution is -2.19. The summed E-state index contributed by atoms with van der Waals surface area (Å²) in [5, 5.41) is 4.00. The lowest BCUT2D eigenvalue weighted by atomic mass is 10.0. The van der Waals surface area contributed by atoms with Crippen LogP contribution in [0.5, 0.6) is 0 Å². The second kappa shape index (κ2) is 9.84. The van der Waals surface area contributed by atoms with Crippen molar-refractivity contribution in [2.24, 2.45) is 0 Å². The van der Waals surface area contributed by atoms with Gasteiger partial charge >= 0.3 is 0 Å². The van der Waals surface area contributed by atoms with Crippen molar-refractivity contribution in [1.29, 1.82) is 0 Å². The molecule has 0 bridgehead atoms. The van der Waals surface area contributed by atoms with Crippen LogP contribution < -0.4 is 10.2 Å². The third kappa shape index (κ3) is 5.03. The van der Waals surface area contributed by atoms with Gasteiger partial charge in [0.2, 0.25) is 0 Å². The number of amides is 1. The number of halogens is 3. The number of aromatic amines is 1. The smallest absolute Gasteiger partial charge is 0.255 e. The van der Waals surface area contributed by atoms with Crippen molar-refractivity contribution >= 4 is 52.1 Å². The minimum Gasteiger partial charge on any atom is -0.362 e. The first kappa shape index (κ1) is 24.2. The third-order valence-corrected chi connectivity index (χ3v) is 7.01. The average molecular weight is 520 g/mol. The summed E-state index contributed by atoms with van der Waals surface area (Å²) in [4.78, 5) is 18.4. The standard InChI is InChI=1S/C29H24Cl2FN3O/c1-17-11-18(2)33-27(17)13-21-16-35(15-19-3-9-25(30)26(31)12-19)28-10-8-23(14-24(21)28)34-29(36)20-4-6-22(32)7-5-20/h3-14,33H,15-16H2,1-2H3,(H,34,36). The van der Waals surface area contributed by atoms with Gasteiger partial charge in [-0.2, -0.15) is 0 Å². The molecule has 4 nitrogen and oxygen atoms in total. The van der Waals surface area contributed by atoms with Gasteiger partial charge in [0.1, 0.15) is 5.82 Å². The van der Waals surface area contributed by atoms with Gasteiger partial charge in [-0.3, -0.25) is 4.79 Å². The van der Waals surface area contributed by atoms with Crippen molar-refractivity contribution in [3.05, 3.63) is 116 Å². The lowest BCUT2D eigenvalue weighted by molar-refractivity contribution is 0.102. The number of nitrogens with one attached hydrogen (secondary N) is 2. The molecule has 0 saturated carbocycles. The van der Waals surface area contributed by atoms with Crippen molar-refractivity contribution in [1.82, 2.24) is 4.98 Å². The van der Waals surface area contributed by atoms with Gasteiger partial charge in [0.25, 0.3) is 5.91 Å². The minimum absolute atomic E-state index is 0.290. The van der Waals surface area contributed by atoms with Gasteiger partial charge in [0.15, 0.2) is 0 Å². The molecule has 0 atom stereocenters. The predicted octanol–water partition coefficient (Wildman–Crippen LogP) is 7.89. The SMILES string of the molecule is Cc1cc(C)c(C=C2CN(Cc3ccc(Cl)c(Cl)c3)c3ccc(NC(=O)c4ccc(F)cc4)cc32)[nH]1. The third-order valence-electron chi connectivity index (χ3n) is 6.27. The molecule has 0 unspecified atom stereocenters. The Morgan fingerprint density at radius 2 is 1.81 bits per heavy atom. The highest BCUT2D eigenvalue weighted by Gasteiger charge is 2.25. The molecule has 0 saturated heterocycles. The van der Waals surface area contributed by atoms with Crippen LogP contribution in [0.15, 0.2) is 66.7 Å². The van der Waals surface area contributed by atoms with E-state index in [1.165, 1.54) is 29.8 Å². The van der Waals surface area contributed by atoms with Crippen LogP contribution in [0.4, 0.5) is 15.8 Å². The lowest BCUT2D eigenvalue weighted by Gasteiger charge is -2.20. The van der Waals surface area contributed by atoms with E-state index in [0.29, 0.717) is 34.4 Å². The van der Waals surface area contributed by atoms with Gasteiger partial charge in [0.05, 0.1) is 10.0 Å². The van der Waals surface area contributed by atoms with Crippen LogP contribution in [0, 0.1) is 19.7 Å². The second-order valence-corrected chi connectivity index (χ2v) is 9.83. The maximum absolute atomic E-state index is 13.3. The first-order valence-electron chi connectivity index (χ1n) is 11.5. The molecule has 0 aliphatic carbocycles. The summed E-state index contributed by atoms with van der Waals surface area (Å²) < 4.78 is 13.3. The molecule has 1 aliphatic rings. The van der Waals surface area contributed by atoms with Gasteiger partial charge in [-0.25, -0.2) is 4.39 Å². The monoisotopic (exact) mass is 519 g/mol. The number of carbonyl (C=O) groups excluding carboxylic acids is 1. The van der Waals surface area contributed by atoms with E-state index >= 15 is 0 Å². The fourth-order valence-electron chi connectivity index (χ4n) is 4.52. The fraction of sp³-hybridized carbons (Fsp3) is 0.138. The number of H-pyrrole nitrogens is 1. The van der Waals surface area contributed by atoms with Gasteiger partial charge in [0, 0.05) is 47.0 Å². The number of nitrogens with zero attached hydrogens (tertiary/aromatic N) is 1. The number of rotatable bonds is 5. The van der Waals surface area contributed by atoms with Gasteiger partial charge < -0.3 is 15.2 Å². The van der Waals surface area contributed by atoms with Gasteiger partial charge in [-0.15, -0.1) is 0 Å². The topological polar surface area (TPSA) is 48.1 Å². The van der Waals surface area contributed by atoms with E-state index in [4.69, 9.17) is 23.2 Å². The zero-order valence-corrected chi connectivity index (χ0v) is 21.3. The van der Waals surface area contributed by atoms with Crippen LogP contribution in [0.3, 0.4) is 0 Å². The van der Waals surface area contributed by atoms with E-state index in [0.717, 1.165) is 33.8 Å². The van der Waals surface area contributed by atoms with Crippen LogP contribution in [0.1, 0.15) is 38.4 Å². The van der Waals surface area contributed by atoms with Gasteiger partial charge in [-0.05, 0) is 97.3 Å². The van der Waals surface area contributed by atoms with Crippen molar-refractivity contribution in [2.45, 2.75) is 20.4 Å². The largest absolute Gasteiger partial charge is 0.362 e. The Hall–Kier alpha value is -3.54. The molecule has 4 aromatic rings. The Labute approximate surface area is 219 Å². The summed E-state index contributed by atoms with van der Waals surface area (Å²) in [6.45, 7) is 5.48. The van der Waals surface area contributed by atoms with Crippen LogP contribution >= 0.6 is 23.2 Å². The maximum atomic E-state index is 13.3. The summed E-state index contributed by atoms with van der Waals surface area (Å²) >= 11 is 12.4. The molecule has 7 heteroatoms. The number of hydrogen-bond donors (Lipinski definition) is 2. The molecule has 0 fully saturated rings. The van der Waals surface area contributed by atoms with Gasteiger partial charge in [-0.1, -0.05) is 29.3 Å². The molecular weight excluding hydrogens is 496 g/mol. The predicted molar refractivity (Wildman–Crippen MR) is 146 cm³/mol. The molecule has 182 valence electrons. The number of anilines is 2. The van der Waals surface area contributed by atoms with Crippen molar-refractivity contribution in [3.8, 4) is 0 Å². The molecular formula is C29H24Cl2FN3O. The van der Waals surface area contributed by atoms with Crippen molar-refractivity contribution in [2.75, 3.05) is 16.8 Å². The van der Waals surface area contributed by atoms with E-state index in [1.54, 1.807) is 0 Å². The van der Waals surface area contributed by atoms with Crippen molar-refractivity contribution in [3.63, 3.8) is 0 Å².